The number of anilines is 1. The van der Waals surface area contributed by atoms with E-state index in [0.29, 0.717) is 6.54 Å². The van der Waals surface area contributed by atoms with Gasteiger partial charge in [0, 0.05) is 30.4 Å². The van der Waals surface area contributed by atoms with Crippen LogP contribution in [0.2, 0.25) is 0 Å². The molecule has 2 aromatic rings. The molecule has 0 saturated carbocycles. The number of nitrogens with zero attached hydrogens (tertiary/aromatic N) is 2. The van der Waals surface area contributed by atoms with E-state index in [2.05, 4.69) is 10.3 Å². The first-order valence-electron chi connectivity index (χ1n) is 8.64. The molecule has 1 amide bonds. The standard InChI is InChI=1S/C19H25N3O3/c1-19(2,3)25-18(23)22-9-5-8-16(12-22)21-15-7-4-6-14(10-15)17-11-20-13-24-17/h4,6-7,10-11,13,16,21H,5,8-9,12H2,1-3H3. The molecule has 1 saturated heterocycles. The minimum Gasteiger partial charge on any atom is -0.444 e. The van der Waals surface area contributed by atoms with Crippen LogP contribution in [-0.4, -0.2) is 40.7 Å². The van der Waals surface area contributed by atoms with Gasteiger partial charge in [-0.3, -0.25) is 0 Å². The highest BCUT2D eigenvalue weighted by atomic mass is 16.6. The number of carbonyl (C=O) groups is 1. The van der Waals surface area contributed by atoms with Gasteiger partial charge in [-0.25, -0.2) is 9.78 Å². The van der Waals surface area contributed by atoms with E-state index in [-0.39, 0.29) is 12.1 Å². The van der Waals surface area contributed by atoms with E-state index < -0.39 is 5.60 Å². The second-order valence-electron chi connectivity index (χ2n) is 7.36. The predicted molar refractivity (Wildman–Crippen MR) is 96.4 cm³/mol. The van der Waals surface area contributed by atoms with Crippen molar-refractivity contribution in [2.24, 2.45) is 0 Å². The Bertz CT molecular complexity index is 707. The zero-order valence-corrected chi connectivity index (χ0v) is 15.0. The van der Waals surface area contributed by atoms with Crippen molar-refractivity contribution in [2.45, 2.75) is 45.3 Å². The third-order valence-corrected chi connectivity index (χ3v) is 4.02. The molecule has 6 heteroatoms. The van der Waals surface area contributed by atoms with E-state index in [0.717, 1.165) is 36.4 Å². The Labute approximate surface area is 148 Å². The summed E-state index contributed by atoms with van der Waals surface area (Å²) in [6, 6.07) is 8.22. The molecule has 1 unspecified atom stereocenters. The van der Waals surface area contributed by atoms with Crippen molar-refractivity contribution < 1.29 is 13.9 Å². The lowest BCUT2D eigenvalue weighted by molar-refractivity contribution is 0.0206. The molecule has 6 nitrogen and oxygen atoms in total. The number of oxazole rings is 1. The number of hydrogen-bond donors (Lipinski definition) is 1. The molecule has 3 rings (SSSR count). The fourth-order valence-corrected chi connectivity index (χ4v) is 2.94. The van der Waals surface area contributed by atoms with Crippen molar-refractivity contribution >= 4 is 11.8 Å². The molecule has 1 N–H and O–H groups in total. The van der Waals surface area contributed by atoms with E-state index in [4.69, 9.17) is 9.15 Å². The highest BCUT2D eigenvalue weighted by Gasteiger charge is 2.27. The fourth-order valence-electron chi connectivity index (χ4n) is 2.94. The van der Waals surface area contributed by atoms with Gasteiger partial charge in [-0.05, 0) is 45.7 Å². The number of nitrogens with one attached hydrogen (secondary N) is 1. The van der Waals surface area contributed by atoms with Crippen LogP contribution in [0.25, 0.3) is 11.3 Å². The smallest absolute Gasteiger partial charge is 0.410 e. The Hall–Kier alpha value is -2.50. The number of benzene rings is 1. The van der Waals surface area contributed by atoms with Gasteiger partial charge in [0.25, 0.3) is 0 Å². The second kappa shape index (κ2) is 7.17. The van der Waals surface area contributed by atoms with Gasteiger partial charge in [-0.15, -0.1) is 0 Å². The van der Waals surface area contributed by atoms with Crippen molar-refractivity contribution in [1.82, 2.24) is 9.88 Å². The lowest BCUT2D eigenvalue weighted by atomic mass is 10.1. The molecular formula is C19H25N3O3. The molecule has 25 heavy (non-hydrogen) atoms. The van der Waals surface area contributed by atoms with Gasteiger partial charge in [0.2, 0.25) is 0 Å². The minimum absolute atomic E-state index is 0.200. The first kappa shape index (κ1) is 17.3. The summed E-state index contributed by atoms with van der Waals surface area (Å²) in [4.78, 5) is 18.0. The maximum atomic E-state index is 12.3. The molecular weight excluding hydrogens is 318 g/mol. The van der Waals surface area contributed by atoms with Crippen molar-refractivity contribution in [3.05, 3.63) is 36.9 Å². The largest absolute Gasteiger partial charge is 0.444 e. The fraction of sp³-hybridized carbons (Fsp3) is 0.474. The summed E-state index contributed by atoms with van der Waals surface area (Å²) in [5.74, 6) is 0.739. The zero-order chi connectivity index (χ0) is 17.9. The molecule has 1 aliphatic rings. The Kier molecular flexibility index (Phi) is 4.97. The first-order chi connectivity index (χ1) is 11.9. The maximum absolute atomic E-state index is 12.3. The number of rotatable bonds is 3. The SMILES string of the molecule is CC(C)(C)OC(=O)N1CCCC(Nc2cccc(-c3cnco3)c2)C1. The first-order valence-corrected chi connectivity index (χ1v) is 8.64. The monoisotopic (exact) mass is 343 g/mol. The van der Waals surface area contributed by atoms with E-state index in [9.17, 15) is 4.79 Å². The van der Waals surface area contributed by atoms with Crippen LogP contribution < -0.4 is 5.32 Å². The molecule has 1 aromatic heterocycles. The average molecular weight is 343 g/mol. The maximum Gasteiger partial charge on any atom is 0.410 e. The number of aromatic nitrogens is 1. The number of ether oxygens (including phenoxy) is 1. The Morgan fingerprint density at radius 2 is 2.24 bits per heavy atom. The summed E-state index contributed by atoms with van der Waals surface area (Å²) in [6.07, 6.45) is 4.86. The summed E-state index contributed by atoms with van der Waals surface area (Å²) in [5, 5.41) is 3.52. The third-order valence-electron chi connectivity index (χ3n) is 4.02. The van der Waals surface area contributed by atoms with E-state index in [1.165, 1.54) is 6.39 Å². The number of likely N-dealkylation sites (tertiary alicyclic amines) is 1. The van der Waals surface area contributed by atoms with Crippen LogP contribution in [0.3, 0.4) is 0 Å². The quantitative estimate of drug-likeness (QED) is 0.906. The molecule has 134 valence electrons. The number of amides is 1. The Morgan fingerprint density at radius 3 is 2.96 bits per heavy atom. The minimum atomic E-state index is -0.469. The van der Waals surface area contributed by atoms with Gasteiger partial charge in [-0.1, -0.05) is 12.1 Å². The molecule has 2 heterocycles. The topological polar surface area (TPSA) is 67.6 Å². The molecule has 0 bridgehead atoms. The summed E-state index contributed by atoms with van der Waals surface area (Å²) < 4.78 is 10.8. The number of hydrogen-bond acceptors (Lipinski definition) is 5. The van der Waals surface area contributed by atoms with Crippen molar-refractivity contribution in [3.63, 3.8) is 0 Å². The molecule has 1 aliphatic heterocycles. The highest BCUT2D eigenvalue weighted by molar-refractivity contribution is 5.68. The highest BCUT2D eigenvalue weighted by Crippen LogP contribution is 2.24. The van der Waals surface area contributed by atoms with Crippen LogP contribution in [0.1, 0.15) is 33.6 Å². The van der Waals surface area contributed by atoms with Crippen LogP contribution in [0, 0.1) is 0 Å². The Morgan fingerprint density at radius 1 is 1.40 bits per heavy atom. The van der Waals surface area contributed by atoms with E-state index in [1.54, 1.807) is 11.1 Å². The van der Waals surface area contributed by atoms with Crippen LogP contribution in [0.15, 0.2) is 41.3 Å². The van der Waals surface area contributed by atoms with Crippen LogP contribution in [0.4, 0.5) is 10.5 Å². The van der Waals surface area contributed by atoms with Gasteiger partial charge in [0.15, 0.2) is 12.2 Å². The molecule has 0 radical (unpaired) electrons. The van der Waals surface area contributed by atoms with Crippen LogP contribution in [-0.2, 0) is 4.74 Å². The Balaban J connectivity index is 1.63. The molecule has 0 spiro atoms. The van der Waals surface area contributed by atoms with Gasteiger partial charge >= 0.3 is 6.09 Å². The lowest BCUT2D eigenvalue weighted by Gasteiger charge is -2.34. The van der Waals surface area contributed by atoms with E-state index >= 15 is 0 Å². The summed E-state index contributed by atoms with van der Waals surface area (Å²) >= 11 is 0. The number of carbonyl (C=O) groups excluding carboxylic acids is 1. The van der Waals surface area contributed by atoms with Gasteiger partial charge in [0.1, 0.15) is 5.60 Å². The normalized spacial score (nSPS) is 18.0. The zero-order valence-electron chi connectivity index (χ0n) is 15.0. The van der Waals surface area contributed by atoms with E-state index in [1.807, 2.05) is 45.0 Å². The molecule has 1 aromatic carbocycles. The third kappa shape index (κ3) is 4.75. The summed E-state index contributed by atoms with van der Waals surface area (Å²) in [7, 11) is 0. The molecule has 1 fully saturated rings. The second-order valence-corrected chi connectivity index (χ2v) is 7.36. The van der Waals surface area contributed by atoms with Gasteiger partial charge < -0.3 is 19.4 Å². The molecule has 0 aliphatic carbocycles. The van der Waals surface area contributed by atoms with Crippen molar-refractivity contribution in [1.29, 1.82) is 0 Å². The van der Waals surface area contributed by atoms with Crippen LogP contribution >= 0.6 is 0 Å². The van der Waals surface area contributed by atoms with Crippen LogP contribution in [0.5, 0.6) is 0 Å². The van der Waals surface area contributed by atoms with Gasteiger partial charge in [-0.2, -0.15) is 0 Å². The lowest BCUT2D eigenvalue weighted by Crippen LogP contribution is -2.46. The summed E-state index contributed by atoms with van der Waals surface area (Å²) in [5.41, 5.74) is 1.51. The average Bonchev–Trinajstić information content (AvgIpc) is 3.08. The summed E-state index contributed by atoms with van der Waals surface area (Å²) in [6.45, 7) is 7.05. The van der Waals surface area contributed by atoms with Gasteiger partial charge in [0.05, 0.1) is 6.20 Å². The molecule has 1 atom stereocenters. The van der Waals surface area contributed by atoms with Crippen molar-refractivity contribution in [3.8, 4) is 11.3 Å². The van der Waals surface area contributed by atoms with Crippen molar-refractivity contribution in [2.75, 3.05) is 18.4 Å². The number of piperidine rings is 1. The predicted octanol–water partition coefficient (Wildman–Crippen LogP) is 4.15.